The second-order valence-corrected chi connectivity index (χ2v) is 5.72. The van der Waals surface area contributed by atoms with Gasteiger partial charge in [-0.2, -0.15) is 0 Å². The maximum absolute atomic E-state index is 12.0. The molecular formula is C20H19NO4. The molecule has 0 radical (unpaired) electrons. The standard InChI is InChI=1S/C20H19NO4/c1-13-5-3-4-6-15(13)17-12-20(23)25-18-11-14(7-8-16(17)18)24-10-9-19(22)21-2/h3-8,11-12H,9-10H2,1-2H3,(H,21,22). The smallest absolute Gasteiger partial charge is 0.336 e. The van der Waals surface area contributed by atoms with Gasteiger partial charge in [-0.1, -0.05) is 24.3 Å². The van der Waals surface area contributed by atoms with Gasteiger partial charge >= 0.3 is 5.63 Å². The summed E-state index contributed by atoms with van der Waals surface area (Å²) in [4.78, 5) is 23.2. The molecule has 0 unspecified atom stereocenters. The van der Waals surface area contributed by atoms with Gasteiger partial charge in [-0.05, 0) is 30.2 Å². The highest BCUT2D eigenvalue weighted by Crippen LogP contribution is 2.31. The molecule has 0 saturated carbocycles. The maximum Gasteiger partial charge on any atom is 0.336 e. The Bertz CT molecular complexity index is 975. The van der Waals surface area contributed by atoms with Crippen molar-refractivity contribution in [1.29, 1.82) is 0 Å². The molecule has 1 amide bonds. The fourth-order valence-electron chi connectivity index (χ4n) is 2.72. The van der Waals surface area contributed by atoms with Gasteiger partial charge in [-0.25, -0.2) is 4.79 Å². The minimum atomic E-state index is -0.409. The van der Waals surface area contributed by atoms with Crippen molar-refractivity contribution in [2.45, 2.75) is 13.3 Å². The van der Waals surface area contributed by atoms with Gasteiger partial charge in [0.2, 0.25) is 5.91 Å². The molecule has 2 aromatic carbocycles. The second kappa shape index (κ2) is 7.21. The van der Waals surface area contributed by atoms with E-state index >= 15 is 0 Å². The summed E-state index contributed by atoms with van der Waals surface area (Å²) in [5.41, 5.74) is 2.96. The van der Waals surface area contributed by atoms with E-state index in [1.165, 1.54) is 6.07 Å². The van der Waals surface area contributed by atoms with Crippen LogP contribution in [0.15, 0.2) is 57.7 Å². The monoisotopic (exact) mass is 337 g/mol. The summed E-state index contributed by atoms with van der Waals surface area (Å²) >= 11 is 0. The summed E-state index contributed by atoms with van der Waals surface area (Å²) in [7, 11) is 1.58. The first kappa shape index (κ1) is 16.8. The molecule has 3 rings (SSSR count). The third kappa shape index (κ3) is 3.71. The zero-order valence-corrected chi connectivity index (χ0v) is 14.2. The highest BCUT2D eigenvalue weighted by atomic mass is 16.5. The van der Waals surface area contributed by atoms with Crippen LogP contribution in [0.4, 0.5) is 0 Å². The molecule has 0 spiro atoms. The highest BCUT2D eigenvalue weighted by Gasteiger charge is 2.11. The van der Waals surface area contributed by atoms with E-state index in [0.29, 0.717) is 11.3 Å². The number of hydrogen-bond acceptors (Lipinski definition) is 4. The SMILES string of the molecule is CNC(=O)CCOc1ccc2c(-c3ccccc3C)cc(=O)oc2c1. The van der Waals surface area contributed by atoms with Crippen LogP contribution in [0, 0.1) is 6.92 Å². The lowest BCUT2D eigenvalue weighted by atomic mass is 9.98. The van der Waals surface area contributed by atoms with E-state index in [9.17, 15) is 9.59 Å². The van der Waals surface area contributed by atoms with Gasteiger partial charge in [0.1, 0.15) is 11.3 Å². The van der Waals surface area contributed by atoms with Crippen molar-refractivity contribution in [3.63, 3.8) is 0 Å². The largest absolute Gasteiger partial charge is 0.493 e. The summed E-state index contributed by atoms with van der Waals surface area (Å²) in [5.74, 6) is 0.468. The Kier molecular flexibility index (Phi) is 4.84. The van der Waals surface area contributed by atoms with Gasteiger partial charge in [0.15, 0.2) is 0 Å². The van der Waals surface area contributed by atoms with Crippen LogP contribution in [0.3, 0.4) is 0 Å². The maximum atomic E-state index is 12.0. The minimum Gasteiger partial charge on any atom is -0.493 e. The number of fused-ring (bicyclic) bond motifs is 1. The van der Waals surface area contributed by atoms with Gasteiger partial charge in [0, 0.05) is 30.1 Å². The molecule has 0 aliphatic carbocycles. The van der Waals surface area contributed by atoms with E-state index < -0.39 is 5.63 Å². The normalized spacial score (nSPS) is 10.6. The zero-order chi connectivity index (χ0) is 17.8. The van der Waals surface area contributed by atoms with E-state index in [1.54, 1.807) is 13.1 Å². The van der Waals surface area contributed by atoms with E-state index in [0.717, 1.165) is 22.1 Å². The Morgan fingerprint density at radius 1 is 1.12 bits per heavy atom. The Hall–Kier alpha value is -3.08. The van der Waals surface area contributed by atoms with E-state index in [4.69, 9.17) is 9.15 Å². The molecule has 0 atom stereocenters. The predicted molar refractivity (Wildman–Crippen MR) is 96.8 cm³/mol. The van der Waals surface area contributed by atoms with E-state index in [1.807, 2.05) is 43.3 Å². The molecule has 128 valence electrons. The lowest BCUT2D eigenvalue weighted by Gasteiger charge is -2.10. The Balaban J connectivity index is 1.97. The number of amides is 1. The van der Waals surface area contributed by atoms with Crippen molar-refractivity contribution in [2.24, 2.45) is 0 Å². The van der Waals surface area contributed by atoms with Crippen LogP contribution >= 0.6 is 0 Å². The average molecular weight is 337 g/mol. The van der Waals surface area contributed by atoms with Crippen molar-refractivity contribution < 1.29 is 13.9 Å². The minimum absolute atomic E-state index is 0.0887. The molecule has 3 aromatic rings. The number of rotatable bonds is 5. The summed E-state index contributed by atoms with van der Waals surface area (Å²) in [6.45, 7) is 2.26. The number of carbonyl (C=O) groups is 1. The molecule has 1 aromatic heterocycles. The molecule has 25 heavy (non-hydrogen) atoms. The molecule has 0 bridgehead atoms. The molecule has 0 fully saturated rings. The third-order valence-electron chi connectivity index (χ3n) is 4.03. The van der Waals surface area contributed by atoms with Crippen LogP contribution in [-0.4, -0.2) is 19.6 Å². The van der Waals surface area contributed by atoms with Crippen molar-refractivity contribution >= 4 is 16.9 Å². The van der Waals surface area contributed by atoms with E-state index in [-0.39, 0.29) is 18.9 Å². The van der Waals surface area contributed by atoms with Gasteiger partial charge in [0.25, 0.3) is 0 Å². The molecule has 0 aliphatic heterocycles. The van der Waals surface area contributed by atoms with Gasteiger partial charge in [-0.3, -0.25) is 4.79 Å². The van der Waals surface area contributed by atoms with Crippen LogP contribution in [0.5, 0.6) is 5.75 Å². The lowest BCUT2D eigenvalue weighted by molar-refractivity contribution is -0.121. The Labute approximate surface area is 145 Å². The van der Waals surface area contributed by atoms with Crippen molar-refractivity contribution in [3.8, 4) is 16.9 Å². The van der Waals surface area contributed by atoms with E-state index in [2.05, 4.69) is 5.32 Å². The summed E-state index contributed by atoms with van der Waals surface area (Å²) in [5, 5.41) is 3.38. The molecular weight excluding hydrogens is 318 g/mol. The van der Waals surface area contributed by atoms with Gasteiger partial charge in [0.05, 0.1) is 13.0 Å². The van der Waals surface area contributed by atoms with Gasteiger partial charge < -0.3 is 14.5 Å². The van der Waals surface area contributed by atoms with Crippen LogP contribution in [0.1, 0.15) is 12.0 Å². The van der Waals surface area contributed by atoms with Crippen LogP contribution in [0.2, 0.25) is 0 Å². The highest BCUT2D eigenvalue weighted by molar-refractivity contribution is 5.94. The summed E-state index contributed by atoms with van der Waals surface area (Å²) < 4.78 is 10.9. The first-order chi connectivity index (χ1) is 12.1. The Morgan fingerprint density at radius 3 is 2.68 bits per heavy atom. The topological polar surface area (TPSA) is 68.5 Å². The number of hydrogen-bond donors (Lipinski definition) is 1. The molecule has 1 N–H and O–H groups in total. The first-order valence-corrected chi connectivity index (χ1v) is 8.06. The van der Waals surface area contributed by atoms with Crippen molar-refractivity contribution in [2.75, 3.05) is 13.7 Å². The fraction of sp³-hybridized carbons (Fsp3) is 0.200. The summed E-state index contributed by atoms with van der Waals surface area (Å²) in [6.07, 6.45) is 0.266. The fourth-order valence-corrected chi connectivity index (χ4v) is 2.72. The number of benzene rings is 2. The molecule has 1 heterocycles. The molecule has 5 nitrogen and oxygen atoms in total. The number of aryl methyl sites for hydroxylation is 1. The molecule has 0 aliphatic rings. The predicted octanol–water partition coefficient (Wildman–Crippen LogP) is 3.28. The van der Waals surface area contributed by atoms with Crippen LogP contribution < -0.4 is 15.7 Å². The van der Waals surface area contributed by atoms with Crippen LogP contribution in [0.25, 0.3) is 22.1 Å². The van der Waals surface area contributed by atoms with Crippen molar-refractivity contribution in [3.05, 3.63) is 64.5 Å². The first-order valence-electron chi connectivity index (χ1n) is 8.06. The van der Waals surface area contributed by atoms with Crippen LogP contribution in [-0.2, 0) is 4.79 Å². The molecule has 0 saturated heterocycles. The lowest BCUT2D eigenvalue weighted by Crippen LogP contribution is -2.20. The Morgan fingerprint density at radius 2 is 1.92 bits per heavy atom. The third-order valence-corrected chi connectivity index (χ3v) is 4.03. The molecule has 5 heteroatoms. The quantitative estimate of drug-likeness (QED) is 0.726. The van der Waals surface area contributed by atoms with Crippen molar-refractivity contribution in [1.82, 2.24) is 5.32 Å². The summed E-state index contributed by atoms with van der Waals surface area (Å²) in [6, 6.07) is 14.8. The number of carbonyl (C=O) groups excluding carboxylic acids is 1. The zero-order valence-electron chi connectivity index (χ0n) is 14.2. The average Bonchev–Trinajstić information content (AvgIpc) is 2.61. The second-order valence-electron chi connectivity index (χ2n) is 5.72. The number of ether oxygens (including phenoxy) is 1. The van der Waals surface area contributed by atoms with Gasteiger partial charge in [-0.15, -0.1) is 0 Å². The number of nitrogens with one attached hydrogen (secondary N) is 1.